The van der Waals surface area contributed by atoms with Crippen LogP contribution in [0, 0.1) is 0 Å². The molecule has 7 heteroatoms. The number of amides is 1. The van der Waals surface area contributed by atoms with Gasteiger partial charge in [0, 0.05) is 18.3 Å². The molecule has 0 bridgehead atoms. The molecule has 6 nitrogen and oxygen atoms in total. The van der Waals surface area contributed by atoms with E-state index in [0.717, 1.165) is 22.7 Å². The fourth-order valence-corrected chi connectivity index (χ4v) is 3.81. The number of carbonyl (C=O) groups excluding carboxylic acids is 1. The number of hydrogen-bond acceptors (Lipinski definition) is 5. The minimum Gasteiger partial charge on any atom is -0.493 e. The summed E-state index contributed by atoms with van der Waals surface area (Å²) in [7, 11) is 3.14. The van der Waals surface area contributed by atoms with Crippen LogP contribution in [0.1, 0.15) is 13.8 Å². The fourth-order valence-electron chi connectivity index (χ4n) is 2.82. The summed E-state index contributed by atoms with van der Waals surface area (Å²) in [5, 5.41) is 3.46. The first-order valence-corrected chi connectivity index (χ1v) is 9.60. The Hall–Kier alpha value is -2.67. The van der Waals surface area contributed by atoms with Crippen LogP contribution in [0.25, 0.3) is 11.0 Å². The number of fused-ring (bicyclic) bond motifs is 1. The van der Waals surface area contributed by atoms with Gasteiger partial charge >= 0.3 is 0 Å². The van der Waals surface area contributed by atoms with Gasteiger partial charge in [0.1, 0.15) is 0 Å². The summed E-state index contributed by atoms with van der Waals surface area (Å²) in [6.07, 6.45) is 0. The molecule has 1 atom stereocenters. The number of rotatable bonds is 7. The van der Waals surface area contributed by atoms with E-state index >= 15 is 0 Å². The number of nitrogens with one attached hydrogen (secondary N) is 1. The van der Waals surface area contributed by atoms with Crippen LogP contribution in [-0.2, 0) is 11.3 Å². The van der Waals surface area contributed by atoms with Crippen molar-refractivity contribution in [1.29, 1.82) is 0 Å². The maximum absolute atomic E-state index is 12.6. The normalized spacial score (nSPS) is 12.0. The lowest BCUT2D eigenvalue weighted by molar-refractivity contribution is -0.115. The highest BCUT2D eigenvalue weighted by Crippen LogP contribution is 2.31. The van der Waals surface area contributed by atoms with Gasteiger partial charge in [-0.2, -0.15) is 0 Å². The molecular weight excluding hydrogens is 362 g/mol. The lowest BCUT2D eigenvalue weighted by Gasteiger charge is -2.14. The van der Waals surface area contributed by atoms with Gasteiger partial charge in [-0.3, -0.25) is 4.79 Å². The summed E-state index contributed by atoms with van der Waals surface area (Å²) in [5.74, 6) is 1.10. The van der Waals surface area contributed by atoms with Crippen LogP contribution >= 0.6 is 11.8 Å². The van der Waals surface area contributed by atoms with Gasteiger partial charge < -0.3 is 19.4 Å². The van der Waals surface area contributed by atoms with E-state index < -0.39 is 0 Å². The van der Waals surface area contributed by atoms with E-state index in [2.05, 4.69) is 21.8 Å². The Balaban J connectivity index is 1.75. The third-order valence-corrected chi connectivity index (χ3v) is 5.33. The maximum Gasteiger partial charge on any atom is 0.237 e. The van der Waals surface area contributed by atoms with Crippen LogP contribution in [0.2, 0.25) is 0 Å². The van der Waals surface area contributed by atoms with Crippen LogP contribution < -0.4 is 14.8 Å². The second-order valence-electron chi connectivity index (χ2n) is 5.95. The largest absolute Gasteiger partial charge is 0.493 e. The summed E-state index contributed by atoms with van der Waals surface area (Å²) in [6, 6.07) is 13.3. The topological polar surface area (TPSA) is 65.4 Å². The fraction of sp³-hybridized carbons (Fsp3) is 0.300. The van der Waals surface area contributed by atoms with Gasteiger partial charge in [-0.15, -0.1) is 0 Å². The molecule has 0 spiro atoms. The third kappa shape index (κ3) is 4.03. The SMILES string of the molecule is CCn1c(SC(C)C(=O)Nc2ccc(OC)c(OC)c2)nc2ccccc21. The summed E-state index contributed by atoms with van der Waals surface area (Å²) in [6.45, 7) is 4.75. The first kappa shape index (κ1) is 19.1. The molecular formula is C20H23N3O3S. The van der Waals surface area contributed by atoms with E-state index in [1.54, 1.807) is 32.4 Å². The lowest BCUT2D eigenvalue weighted by Crippen LogP contribution is -2.23. The second kappa shape index (κ2) is 8.35. The van der Waals surface area contributed by atoms with Crippen LogP contribution in [0.4, 0.5) is 5.69 Å². The molecule has 1 unspecified atom stereocenters. The maximum atomic E-state index is 12.6. The minimum atomic E-state index is -0.305. The zero-order chi connectivity index (χ0) is 19.4. The minimum absolute atomic E-state index is 0.0954. The Labute approximate surface area is 162 Å². The van der Waals surface area contributed by atoms with E-state index in [4.69, 9.17) is 9.47 Å². The number of methoxy groups -OCH3 is 2. The molecule has 0 aliphatic rings. The molecule has 27 heavy (non-hydrogen) atoms. The Bertz CT molecular complexity index is 955. The molecule has 2 aromatic carbocycles. The van der Waals surface area contributed by atoms with Gasteiger partial charge in [-0.25, -0.2) is 4.98 Å². The summed E-state index contributed by atoms with van der Waals surface area (Å²) in [4.78, 5) is 17.3. The number of carbonyl (C=O) groups is 1. The van der Waals surface area contributed by atoms with Crippen LogP contribution in [0.3, 0.4) is 0 Å². The first-order chi connectivity index (χ1) is 13.1. The highest BCUT2D eigenvalue weighted by atomic mass is 32.2. The zero-order valence-corrected chi connectivity index (χ0v) is 16.7. The molecule has 3 aromatic rings. The number of anilines is 1. The quantitative estimate of drug-likeness (QED) is 0.618. The standard InChI is InChI=1S/C20H23N3O3S/c1-5-23-16-9-7-6-8-15(16)22-20(23)27-13(2)19(24)21-14-10-11-17(25-3)18(12-14)26-4/h6-13H,5H2,1-4H3,(H,21,24). The molecule has 1 N–H and O–H groups in total. The second-order valence-corrected chi connectivity index (χ2v) is 7.25. The Morgan fingerprint density at radius 3 is 2.63 bits per heavy atom. The molecule has 0 aliphatic heterocycles. The van der Waals surface area contributed by atoms with Crippen molar-refractivity contribution >= 4 is 34.4 Å². The number of ether oxygens (including phenoxy) is 2. The molecule has 1 aromatic heterocycles. The van der Waals surface area contributed by atoms with Crippen molar-refractivity contribution in [3.63, 3.8) is 0 Å². The van der Waals surface area contributed by atoms with E-state index in [1.807, 2.05) is 31.2 Å². The predicted molar refractivity (Wildman–Crippen MR) is 109 cm³/mol. The summed E-state index contributed by atoms with van der Waals surface area (Å²) >= 11 is 1.45. The Morgan fingerprint density at radius 2 is 1.93 bits per heavy atom. The number of aromatic nitrogens is 2. The molecule has 0 saturated heterocycles. The first-order valence-electron chi connectivity index (χ1n) is 8.72. The number of nitrogens with zero attached hydrogens (tertiary/aromatic N) is 2. The Morgan fingerprint density at radius 1 is 1.19 bits per heavy atom. The number of para-hydroxylation sites is 2. The number of imidazole rings is 1. The van der Waals surface area contributed by atoms with Crippen molar-refractivity contribution in [2.24, 2.45) is 0 Å². The van der Waals surface area contributed by atoms with Crippen molar-refractivity contribution in [3.05, 3.63) is 42.5 Å². The number of benzene rings is 2. The molecule has 3 rings (SSSR count). The van der Waals surface area contributed by atoms with Gasteiger partial charge in [0.25, 0.3) is 0 Å². The summed E-state index contributed by atoms with van der Waals surface area (Å²) in [5.41, 5.74) is 2.68. The molecule has 0 fully saturated rings. The summed E-state index contributed by atoms with van der Waals surface area (Å²) < 4.78 is 12.6. The molecule has 0 saturated carbocycles. The van der Waals surface area contributed by atoms with Crippen molar-refractivity contribution in [2.45, 2.75) is 30.8 Å². The van der Waals surface area contributed by atoms with Crippen molar-refractivity contribution in [1.82, 2.24) is 9.55 Å². The van der Waals surface area contributed by atoms with Gasteiger partial charge in [0.15, 0.2) is 16.7 Å². The number of thioether (sulfide) groups is 1. The highest BCUT2D eigenvalue weighted by molar-refractivity contribution is 8.00. The smallest absolute Gasteiger partial charge is 0.237 e. The van der Waals surface area contributed by atoms with Crippen LogP contribution in [-0.4, -0.2) is 34.9 Å². The Kier molecular flexibility index (Phi) is 5.91. The van der Waals surface area contributed by atoms with Crippen molar-refractivity contribution in [3.8, 4) is 11.5 Å². The number of hydrogen-bond donors (Lipinski definition) is 1. The average Bonchev–Trinajstić information content (AvgIpc) is 3.04. The van der Waals surface area contributed by atoms with Crippen LogP contribution in [0.5, 0.6) is 11.5 Å². The monoisotopic (exact) mass is 385 g/mol. The molecule has 0 aliphatic carbocycles. The third-order valence-electron chi connectivity index (χ3n) is 4.24. The lowest BCUT2D eigenvalue weighted by atomic mass is 10.2. The molecule has 1 amide bonds. The van der Waals surface area contributed by atoms with Gasteiger partial charge in [-0.05, 0) is 38.1 Å². The molecule has 0 radical (unpaired) electrons. The van der Waals surface area contributed by atoms with E-state index in [0.29, 0.717) is 17.2 Å². The van der Waals surface area contributed by atoms with E-state index in [1.165, 1.54) is 11.8 Å². The highest BCUT2D eigenvalue weighted by Gasteiger charge is 2.19. The van der Waals surface area contributed by atoms with Gasteiger partial charge in [0.2, 0.25) is 5.91 Å². The molecule has 1 heterocycles. The average molecular weight is 385 g/mol. The number of aryl methyl sites for hydroxylation is 1. The molecule has 142 valence electrons. The van der Waals surface area contributed by atoms with Crippen molar-refractivity contribution < 1.29 is 14.3 Å². The predicted octanol–water partition coefficient (Wildman–Crippen LogP) is 4.19. The van der Waals surface area contributed by atoms with Gasteiger partial charge in [-0.1, -0.05) is 23.9 Å². The van der Waals surface area contributed by atoms with Crippen LogP contribution in [0.15, 0.2) is 47.6 Å². The van der Waals surface area contributed by atoms with Gasteiger partial charge in [0.05, 0.1) is 30.5 Å². The van der Waals surface area contributed by atoms with Crippen molar-refractivity contribution in [2.75, 3.05) is 19.5 Å². The van der Waals surface area contributed by atoms with E-state index in [9.17, 15) is 4.79 Å². The zero-order valence-electron chi connectivity index (χ0n) is 15.9. The van der Waals surface area contributed by atoms with E-state index in [-0.39, 0.29) is 11.2 Å².